The van der Waals surface area contributed by atoms with Crippen LogP contribution in [0.1, 0.15) is 13.8 Å². The van der Waals surface area contributed by atoms with E-state index in [1.54, 1.807) is 0 Å². The summed E-state index contributed by atoms with van der Waals surface area (Å²) in [5.74, 6) is 0.619. The fourth-order valence-corrected chi connectivity index (χ4v) is 1.43. The summed E-state index contributed by atoms with van der Waals surface area (Å²) in [6.07, 6.45) is 0. The third kappa shape index (κ3) is 2.29. The standard InChI is InChI=1S/C8H19IN2/c1-7(2)8(9,10(3)4)11(5)6/h7H,1-6H3. The Kier molecular flexibility index (Phi) is 4.29. The maximum atomic E-state index is 2.50. The quantitative estimate of drug-likeness (QED) is 0.334. The first-order valence-corrected chi connectivity index (χ1v) is 4.95. The van der Waals surface area contributed by atoms with Gasteiger partial charge in [0, 0.05) is 0 Å². The summed E-state index contributed by atoms with van der Waals surface area (Å²) < 4.78 is 0.137. The second-order valence-corrected chi connectivity index (χ2v) is 5.17. The van der Waals surface area contributed by atoms with Crippen molar-refractivity contribution in [1.82, 2.24) is 9.80 Å². The molecule has 0 atom stereocenters. The van der Waals surface area contributed by atoms with Crippen LogP contribution in [0.2, 0.25) is 0 Å². The highest BCUT2D eigenvalue weighted by Crippen LogP contribution is 2.31. The van der Waals surface area contributed by atoms with E-state index in [1.165, 1.54) is 0 Å². The number of rotatable bonds is 3. The Bertz CT molecular complexity index is 99.5. The second-order valence-electron chi connectivity index (χ2n) is 3.58. The van der Waals surface area contributed by atoms with Gasteiger partial charge >= 0.3 is 0 Å². The molecule has 0 unspecified atom stereocenters. The highest BCUT2D eigenvalue weighted by molar-refractivity contribution is 14.1. The minimum Gasteiger partial charge on any atom is -0.283 e. The maximum Gasteiger partial charge on any atom is 0.128 e. The Balaban J connectivity index is 4.53. The van der Waals surface area contributed by atoms with E-state index in [4.69, 9.17) is 0 Å². The first kappa shape index (κ1) is 11.6. The van der Waals surface area contributed by atoms with Crippen molar-refractivity contribution < 1.29 is 0 Å². The Hall–Kier alpha value is 0.650. The molecule has 0 aromatic heterocycles. The first-order valence-electron chi connectivity index (χ1n) is 3.87. The van der Waals surface area contributed by atoms with Crippen molar-refractivity contribution in [3.8, 4) is 0 Å². The lowest BCUT2D eigenvalue weighted by Gasteiger charge is -2.43. The molecule has 0 aromatic carbocycles. The molecule has 0 saturated carbocycles. The molecule has 0 aliphatic heterocycles. The van der Waals surface area contributed by atoms with E-state index < -0.39 is 0 Å². The molecule has 0 amide bonds. The highest BCUT2D eigenvalue weighted by atomic mass is 127. The second kappa shape index (κ2) is 4.05. The fourth-order valence-electron chi connectivity index (χ4n) is 1.43. The summed E-state index contributed by atoms with van der Waals surface area (Å²) in [7, 11) is 8.47. The van der Waals surface area contributed by atoms with E-state index in [0.717, 1.165) is 0 Å². The fraction of sp³-hybridized carbons (Fsp3) is 1.00. The average molecular weight is 270 g/mol. The summed E-state index contributed by atoms with van der Waals surface area (Å²) in [6, 6.07) is 0. The van der Waals surface area contributed by atoms with Gasteiger partial charge in [-0.15, -0.1) is 0 Å². The molecule has 0 bridgehead atoms. The zero-order valence-electron chi connectivity index (χ0n) is 8.35. The minimum atomic E-state index is 0.137. The Morgan fingerprint density at radius 1 is 1.00 bits per heavy atom. The minimum absolute atomic E-state index is 0.137. The van der Waals surface area contributed by atoms with Crippen molar-refractivity contribution in [2.45, 2.75) is 17.5 Å². The third-order valence-corrected chi connectivity index (χ3v) is 5.16. The molecule has 0 aromatic rings. The van der Waals surface area contributed by atoms with Crippen LogP contribution >= 0.6 is 22.6 Å². The van der Waals surface area contributed by atoms with Crippen molar-refractivity contribution in [1.29, 1.82) is 0 Å². The normalized spacial score (nSPS) is 13.6. The van der Waals surface area contributed by atoms with E-state index in [0.29, 0.717) is 5.92 Å². The molecule has 0 N–H and O–H groups in total. The van der Waals surface area contributed by atoms with E-state index in [1.807, 2.05) is 0 Å². The van der Waals surface area contributed by atoms with Crippen LogP contribution in [0, 0.1) is 5.92 Å². The van der Waals surface area contributed by atoms with Crippen LogP contribution in [0.5, 0.6) is 0 Å². The monoisotopic (exact) mass is 270 g/mol. The lowest BCUT2D eigenvalue weighted by atomic mass is 10.1. The van der Waals surface area contributed by atoms with Gasteiger partial charge in [0.1, 0.15) is 3.67 Å². The Labute approximate surface area is 84.1 Å². The number of nitrogens with zero attached hydrogens (tertiary/aromatic N) is 2. The molecule has 0 spiro atoms. The summed E-state index contributed by atoms with van der Waals surface area (Å²) in [6.45, 7) is 4.49. The van der Waals surface area contributed by atoms with Gasteiger partial charge in [-0.2, -0.15) is 0 Å². The van der Waals surface area contributed by atoms with Crippen molar-refractivity contribution >= 4 is 22.6 Å². The SMILES string of the molecule is CC(C)C(I)(N(C)C)N(C)C. The van der Waals surface area contributed by atoms with Gasteiger partial charge in [0.05, 0.1) is 0 Å². The summed E-state index contributed by atoms with van der Waals surface area (Å²) in [4.78, 5) is 4.50. The third-order valence-electron chi connectivity index (χ3n) is 1.99. The molecule has 0 rings (SSSR count). The van der Waals surface area contributed by atoms with Gasteiger partial charge in [0.2, 0.25) is 0 Å². The van der Waals surface area contributed by atoms with Crippen LogP contribution < -0.4 is 0 Å². The molecule has 0 saturated heterocycles. The molecule has 0 aliphatic carbocycles. The van der Waals surface area contributed by atoms with Gasteiger partial charge in [0.15, 0.2) is 0 Å². The number of halogens is 1. The molecule has 3 heteroatoms. The number of hydrogen-bond acceptors (Lipinski definition) is 2. The molecular weight excluding hydrogens is 251 g/mol. The lowest BCUT2D eigenvalue weighted by molar-refractivity contribution is 0.0678. The van der Waals surface area contributed by atoms with Gasteiger partial charge in [-0.3, -0.25) is 9.80 Å². The number of hydrogen-bond donors (Lipinski definition) is 0. The van der Waals surface area contributed by atoms with Crippen molar-refractivity contribution in [2.75, 3.05) is 28.2 Å². The highest BCUT2D eigenvalue weighted by Gasteiger charge is 2.34. The molecule has 0 aliphatic rings. The van der Waals surface area contributed by atoms with Crippen LogP contribution in [0.15, 0.2) is 0 Å². The van der Waals surface area contributed by atoms with Crippen LogP contribution in [-0.4, -0.2) is 41.7 Å². The van der Waals surface area contributed by atoms with Crippen molar-refractivity contribution in [3.05, 3.63) is 0 Å². The summed E-state index contributed by atoms with van der Waals surface area (Å²) >= 11 is 2.50. The van der Waals surface area contributed by atoms with Crippen LogP contribution in [0.25, 0.3) is 0 Å². The first-order chi connectivity index (χ1) is 4.83. The molecule has 0 fully saturated rings. The topological polar surface area (TPSA) is 6.48 Å². The Morgan fingerprint density at radius 3 is 1.27 bits per heavy atom. The average Bonchev–Trinajstić information content (AvgIpc) is 1.84. The largest absolute Gasteiger partial charge is 0.283 e. The van der Waals surface area contributed by atoms with Gasteiger partial charge in [-0.1, -0.05) is 13.8 Å². The van der Waals surface area contributed by atoms with Crippen LogP contribution in [-0.2, 0) is 0 Å². The predicted octanol–water partition coefficient (Wildman–Crippen LogP) is 1.85. The maximum absolute atomic E-state index is 2.50. The lowest BCUT2D eigenvalue weighted by Crippen LogP contribution is -2.53. The van der Waals surface area contributed by atoms with E-state index in [2.05, 4.69) is 74.4 Å². The van der Waals surface area contributed by atoms with Crippen molar-refractivity contribution in [3.63, 3.8) is 0 Å². The van der Waals surface area contributed by atoms with Crippen LogP contribution in [0.4, 0.5) is 0 Å². The zero-order valence-corrected chi connectivity index (χ0v) is 10.5. The molecule has 0 radical (unpaired) electrons. The predicted molar refractivity (Wildman–Crippen MR) is 59.0 cm³/mol. The van der Waals surface area contributed by atoms with E-state index in [-0.39, 0.29) is 3.67 Å². The zero-order chi connectivity index (χ0) is 9.23. The molecule has 0 heterocycles. The van der Waals surface area contributed by atoms with Crippen molar-refractivity contribution in [2.24, 2.45) is 5.92 Å². The summed E-state index contributed by atoms with van der Waals surface area (Å²) in [5.41, 5.74) is 0. The van der Waals surface area contributed by atoms with Crippen LogP contribution in [0.3, 0.4) is 0 Å². The Morgan fingerprint density at radius 2 is 1.27 bits per heavy atom. The molecular formula is C8H19IN2. The summed E-state index contributed by atoms with van der Waals surface area (Å²) in [5, 5.41) is 0. The van der Waals surface area contributed by atoms with Gasteiger partial charge < -0.3 is 0 Å². The molecule has 68 valence electrons. The van der Waals surface area contributed by atoms with Gasteiger partial charge in [0.25, 0.3) is 0 Å². The molecule has 2 nitrogen and oxygen atoms in total. The number of alkyl halides is 1. The molecule has 11 heavy (non-hydrogen) atoms. The van der Waals surface area contributed by atoms with E-state index >= 15 is 0 Å². The smallest absolute Gasteiger partial charge is 0.128 e. The van der Waals surface area contributed by atoms with E-state index in [9.17, 15) is 0 Å². The van der Waals surface area contributed by atoms with Gasteiger partial charge in [-0.25, -0.2) is 0 Å². The van der Waals surface area contributed by atoms with Gasteiger partial charge in [-0.05, 0) is 56.7 Å².